The monoisotopic (exact) mass is 321 g/mol. The van der Waals surface area contributed by atoms with Crippen molar-refractivity contribution in [2.24, 2.45) is 11.7 Å². The average molecular weight is 321 g/mol. The standard InChI is InChI=1S/C14H15N3O6/c15-12(18)8-2-1-3-16(7-8)13(19)9-4-10(14(20)21)6-11(5-9)17(22)23/h4-6,8H,1-3,7H2,(H2,15,18)(H,20,21). The molecule has 1 aromatic carbocycles. The lowest BCUT2D eigenvalue weighted by Crippen LogP contribution is -2.44. The summed E-state index contributed by atoms with van der Waals surface area (Å²) >= 11 is 0. The van der Waals surface area contributed by atoms with Gasteiger partial charge in [-0.3, -0.25) is 19.7 Å². The van der Waals surface area contributed by atoms with Crippen LogP contribution in [0.4, 0.5) is 5.69 Å². The Balaban J connectivity index is 2.32. The fraction of sp³-hybridized carbons (Fsp3) is 0.357. The number of aromatic carboxylic acids is 1. The molecule has 1 aliphatic heterocycles. The van der Waals surface area contributed by atoms with Crippen molar-refractivity contribution in [3.05, 3.63) is 39.4 Å². The van der Waals surface area contributed by atoms with Crippen molar-refractivity contribution in [1.82, 2.24) is 4.90 Å². The van der Waals surface area contributed by atoms with Crippen molar-refractivity contribution in [2.75, 3.05) is 13.1 Å². The van der Waals surface area contributed by atoms with Gasteiger partial charge in [-0.1, -0.05) is 0 Å². The van der Waals surface area contributed by atoms with Crippen molar-refractivity contribution in [2.45, 2.75) is 12.8 Å². The average Bonchev–Trinajstić information content (AvgIpc) is 2.53. The first-order valence-corrected chi connectivity index (χ1v) is 6.91. The quantitative estimate of drug-likeness (QED) is 0.614. The molecule has 1 heterocycles. The molecule has 23 heavy (non-hydrogen) atoms. The Hall–Kier alpha value is -2.97. The van der Waals surface area contributed by atoms with E-state index >= 15 is 0 Å². The number of likely N-dealkylation sites (tertiary alicyclic amines) is 1. The lowest BCUT2D eigenvalue weighted by Gasteiger charge is -2.31. The van der Waals surface area contributed by atoms with E-state index in [9.17, 15) is 24.5 Å². The van der Waals surface area contributed by atoms with E-state index in [1.54, 1.807) is 0 Å². The van der Waals surface area contributed by atoms with Crippen molar-refractivity contribution in [3.8, 4) is 0 Å². The van der Waals surface area contributed by atoms with Gasteiger partial charge in [-0.15, -0.1) is 0 Å². The van der Waals surface area contributed by atoms with Crippen molar-refractivity contribution in [3.63, 3.8) is 0 Å². The number of nitro groups is 1. The molecule has 1 fully saturated rings. The summed E-state index contributed by atoms with van der Waals surface area (Å²) < 4.78 is 0. The van der Waals surface area contributed by atoms with Gasteiger partial charge >= 0.3 is 5.97 Å². The third-order valence-corrected chi connectivity index (χ3v) is 3.73. The molecule has 0 radical (unpaired) electrons. The number of rotatable bonds is 4. The van der Waals surface area contributed by atoms with E-state index in [-0.39, 0.29) is 17.7 Å². The van der Waals surface area contributed by atoms with Gasteiger partial charge < -0.3 is 15.7 Å². The summed E-state index contributed by atoms with van der Waals surface area (Å²) in [5.74, 6) is -2.89. The van der Waals surface area contributed by atoms with Gasteiger partial charge in [0, 0.05) is 30.8 Å². The zero-order valence-electron chi connectivity index (χ0n) is 12.1. The first kappa shape index (κ1) is 16.4. The number of carboxylic acid groups (broad SMARTS) is 1. The van der Waals surface area contributed by atoms with Gasteiger partial charge in [-0.2, -0.15) is 0 Å². The maximum absolute atomic E-state index is 12.5. The number of primary amides is 1. The molecule has 2 rings (SSSR count). The minimum absolute atomic E-state index is 0.0956. The smallest absolute Gasteiger partial charge is 0.335 e. The highest BCUT2D eigenvalue weighted by Crippen LogP contribution is 2.22. The number of nitrogens with two attached hydrogens (primary N) is 1. The molecule has 2 amide bonds. The number of carbonyl (C=O) groups is 3. The van der Waals surface area contributed by atoms with E-state index in [2.05, 4.69) is 0 Å². The second kappa shape index (κ2) is 6.42. The minimum atomic E-state index is -1.36. The Kier molecular flexibility index (Phi) is 4.58. The number of hydrogen-bond acceptors (Lipinski definition) is 5. The van der Waals surface area contributed by atoms with Gasteiger partial charge in [-0.25, -0.2) is 4.79 Å². The topological polar surface area (TPSA) is 144 Å². The van der Waals surface area contributed by atoms with Gasteiger partial charge in [0.1, 0.15) is 0 Å². The highest BCUT2D eigenvalue weighted by molar-refractivity contribution is 5.98. The SMILES string of the molecule is NC(=O)C1CCCN(C(=O)c2cc(C(=O)O)cc([N+](=O)[O-])c2)C1. The Morgan fingerprint density at radius 1 is 1.26 bits per heavy atom. The van der Waals surface area contributed by atoms with Crippen LogP contribution in [-0.4, -0.2) is 45.8 Å². The summed E-state index contributed by atoms with van der Waals surface area (Å²) in [7, 11) is 0. The van der Waals surface area contributed by atoms with Crippen LogP contribution >= 0.6 is 0 Å². The molecule has 0 spiro atoms. The van der Waals surface area contributed by atoms with E-state index in [1.807, 2.05) is 0 Å². The van der Waals surface area contributed by atoms with Crippen LogP contribution in [0.5, 0.6) is 0 Å². The third-order valence-electron chi connectivity index (χ3n) is 3.73. The molecule has 0 saturated carbocycles. The van der Waals surface area contributed by atoms with Gasteiger partial charge in [-0.05, 0) is 18.9 Å². The lowest BCUT2D eigenvalue weighted by molar-refractivity contribution is -0.384. The fourth-order valence-corrected chi connectivity index (χ4v) is 2.54. The summed E-state index contributed by atoms with van der Waals surface area (Å²) in [6.07, 6.45) is 1.16. The summed E-state index contributed by atoms with van der Waals surface area (Å²) in [5.41, 5.74) is 4.34. The zero-order valence-corrected chi connectivity index (χ0v) is 12.1. The third kappa shape index (κ3) is 3.62. The van der Waals surface area contributed by atoms with Crippen LogP contribution in [0.15, 0.2) is 18.2 Å². The zero-order chi connectivity index (χ0) is 17.1. The second-order valence-corrected chi connectivity index (χ2v) is 5.32. The maximum Gasteiger partial charge on any atom is 0.335 e. The number of piperidine rings is 1. The Morgan fingerprint density at radius 3 is 2.48 bits per heavy atom. The predicted octanol–water partition coefficient (Wildman–Crippen LogP) is 0.630. The van der Waals surface area contributed by atoms with Crippen LogP contribution in [0, 0.1) is 16.0 Å². The van der Waals surface area contributed by atoms with Crippen LogP contribution in [0.2, 0.25) is 0 Å². The van der Waals surface area contributed by atoms with E-state index in [4.69, 9.17) is 10.8 Å². The predicted molar refractivity (Wildman–Crippen MR) is 77.9 cm³/mol. The first-order valence-electron chi connectivity index (χ1n) is 6.91. The number of benzene rings is 1. The van der Waals surface area contributed by atoms with E-state index in [1.165, 1.54) is 4.90 Å². The number of hydrogen-bond donors (Lipinski definition) is 2. The number of non-ortho nitro benzene ring substituents is 1. The van der Waals surface area contributed by atoms with Gasteiger partial charge in [0.15, 0.2) is 0 Å². The molecule has 1 aliphatic rings. The highest BCUT2D eigenvalue weighted by atomic mass is 16.6. The molecule has 1 unspecified atom stereocenters. The number of carbonyl (C=O) groups excluding carboxylic acids is 2. The van der Waals surface area contributed by atoms with Crippen molar-refractivity contribution < 1.29 is 24.4 Å². The van der Waals surface area contributed by atoms with Crippen LogP contribution in [0.1, 0.15) is 33.6 Å². The Bertz CT molecular complexity index is 655. The molecule has 3 N–H and O–H groups in total. The molecule has 1 saturated heterocycles. The molecular formula is C14H15N3O6. The molecule has 122 valence electrons. The van der Waals surface area contributed by atoms with Crippen LogP contribution in [-0.2, 0) is 4.79 Å². The Morgan fingerprint density at radius 2 is 1.91 bits per heavy atom. The van der Waals surface area contributed by atoms with Crippen LogP contribution < -0.4 is 5.73 Å². The number of carboxylic acids is 1. The minimum Gasteiger partial charge on any atom is -0.478 e. The molecule has 9 nitrogen and oxygen atoms in total. The summed E-state index contributed by atoms with van der Waals surface area (Å²) in [4.78, 5) is 46.3. The highest BCUT2D eigenvalue weighted by Gasteiger charge is 2.28. The molecule has 9 heteroatoms. The number of amides is 2. The van der Waals surface area contributed by atoms with E-state index in [0.29, 0.717) is 19.4 Å². The summed E-state index contributed by atoms with van der Waals surface area (Å²) in [5, 5.41) is 19.9. The summed E-state index contributed by atoms with van der Waals surface area (Å²) in [6, 6.07) is 3.01. The molecule has 1 atom stereocenters. The molecule has 1 aromatic rings. The fourth-order valence-electron chi connectivity index (χ4n) is 2.54. The number of nitrogens with zero attached hydrogens (tertiary/aromatic N) is 2. The van der Waals surface area contributed by atoms with Gasteiger partial charge in [0.2, 0.25) is 5.91 Å². The van der Waals surface area contributed by atoms with E-state index < -0.39 is 34.3 Å². The first-order chi connectivity index (χ1) is 10.8. The Labute approximate surface area is 130 Å². The molecule has 0 aromatic heterocycles. The van der Waals surface area contributed by atoms with E-state index in [0.717, 1.165) is 18.2 Å². The second-order valence-electron chi connectivity index (χ2n) is 5.32. The van der Waals surface area contributed by atoms with Gasteiger partial charge in [0.05, 0.1) is 16.4 Å². The van der Waals surface area contributed by atoms with Crippen molar-refractivity contribution in [1.29, 1.82) is 0 Å². The summed E-state index contributed by atoms with van der Waals surface area (Å²) in [6.45, 7) is 0.507. The largest absolute Gasteiger partial charge is 0.478 e. The van der Waals surface area contributed by atoms with Gasteiger partial charge in [0.25, 0.3) is 11.6 Å². The number of nitro benzene ring substituents is 1. The molecule has 0 aliphatic carbocycles. The normalized spacial score (nSPS) is 17.6. The molecular weight excluding hydrogens is 306 g/mol. The van der Waals surface area contributed by atoms with Crippen molar-refractivity contribution >= 4 is 23.5 Å². The van der Waals surface area contributed by atoms with Crippen LogP contribution in [0.3, 0.4) is 0 Å². The maximum atomic E-state index is 12.5. The van der Waals surface area contributed by atoms with Crippen LogP contribution in [0.25, 0.3) is 0 Å². The molecule has 0 bridgehead atoms. The lowest BCUT2D eigenvalue weighted by atomic mass is 9.96.